The molecule has 0 aliphatic carbocycles. The first-order chi connectivity index (χ1) is 12.9. The van der Waals surface area contributed by atoms with E-state index in [2.05, 4.69) is 34.3 Å². The van der Waals surface area contributed by atoms with Crippen LogP contribution >= 0.6 is 0 Å². The molecule has 1 aromatic rings. The molecule has 6 heteroatoms. The summed E-state index contributed by atoms with van der Waals surface area (Å²) in [5.74, 6) is 0.219. The lowest BCUT2D eigenvalue weighted by Gasteiger charge is -2.41. The number of urea groups is 1. The smallest absolute Gasteiger partial charge is 0.314 e. The summed E-state index contributed by atoms with van der Waals surface area (Å²) in [6.07, 6.45) is 4.86. The number of rotatable bonds is 6. The number of piperidine rings is 1. The van der Waals surface area contributed by atoms with Crippen molar-refractivity contribution in [1.82, 2.24) is 15.5 Å². The average Bonchev–Trinajstić information content (AvgIpc) is 3.15. The van der Waals surface area contributed by atoms with Gasteiger partial charge in [-0.1, -0.05) is 6.42 Å². The molecule has 2 saturated heterocycles. The Balaban J connectivity index is 1.37. The molecule has 0 radical (unpaired) electrons. The van der Waals surface area contributed by atoms with Crippen LogP contribution in [-0.2, 0) is 0 Å². The number of carbonyl (C=O) groups is 1. The number of hydrogen-bond donors (Lipinski definition) is 2. The van der Waals surface area contributed by atoms with Gasteiger partial charge in [0.05, 0.1) is 0 Å². The van der Waals surface area contributed by atoms with E-state index in [9.17, 15) is 9.18 Å². The van der Waals surface area contributed by atoms with Crippen LogP contribution in [0.4, 0.5) is 14.9 Å². The predicted octanol–water partition coefficient (Wildman–Crippen LogP) is 3.22. The third-order valence-corrected chi connectivity index (χ3v) is 5.92. The molecule has 2 fully saturated rings. The fourth-order valence-electron chi connectivity index (χ4n) is 4.09. The highest BCUT2D eigenvalue weighted by Crippen LogP contribution is 2.23. The molecule has 2 amide bonds. The zero-order valence-electron chi connectivity index (χ0n) is 16.6. The molecule has 27 heavy (non-hydrogen) atoms. The zero-order valence-corrected chi connectivity index (χ0v) is 16.6. The first-order valence-electron chi connectivity index (χ1n) is 10.2. The number of carbonyl (C=O) groups excluding carboxylic acids is 1. The van der Waals surface area contributed by atoms with Crippen molar-refractivity contribution in [3.05, 3.63) is 30.1 Å². The van der Waals surface area contributed by atoms with E-state index in [0.717, 1.165) is 38.3 Å². The highest BCUT2D eigenvalue weighted by molar-refractivity contribution is 5.73. The summed E-state index contributed by atoms with van der Waals surface area (Å²) >= 11 is 0. The molecule has 0 spiro atoms. The predicted molar refractivity (Wildman–Crippen MR) is 108 cm³/mol. The Morgan fingerprint density at radius 3 is 2.52 bits per heavy atom. The van der Waals surface area contributed by atoms with Gasteiger partial charge in [0.15, 0.2) is 0 Å². The van der Waals surface area contributed by atoms with Gasteiger partial charge in [-0.15, -0.1) is 0 Å². The minimum atomic E-state index is -0.208. The Bertz CT molecular complexity index is 613. The summed E-state index contributed by atoms with van der Waals surface area (Å²) in [5, 5.41) is 6.07. The Kier molecular flexibility index (Phi) is 6.58. The van der Waals surface area contributed by atoms with Gasteiger partial charge in [0.1, 0.15) is 5.82 Å². The van der Waals surface area contributed by atoms with Crippen molar-refractivity contribution in [2.24, 2.45) is 5.92 Å². The van der Waals surface area contributed by atoms with Gasteiger partial charge in [-0.2, -0.15) is 0 Å². The number of likely N-dealkylation sites (tertiary alicyclic amines) is 1. The first-order valence-corrected chi connectivity index (χ1v) is 10.2. The minimum Gasteiger partial charge on any atom is -0.371 e. The van der Waals surface area contributed by atoms with Crippen LogP contribution in [0.3, 0.4) is 0 Å². The highest BCUT2D eigenvalue weighted by atomic mass is 19.1. The van der Waals surface area contributed by atoms with E-state index in [4.69, 9.17) is 0 Å². The normalized spacial score (nSPS) is 21.3. The number of hydrogen-bond acceptors (Lipinski definition) is 3. The van der Waals surface area contributed by atoms with Gasteiger partial charge in [-0.3, -0.25) is 4.90 Å². The number of nitrogens with zero attached hydrogens (tertiary/aromatic N) is 2. The van der Waals surface area contributed by atoms with E-state index < -0.39 is 0 Å². The molecule has 3 rings (SSSR count). The lowest BCUT2D eigenvalue weighted by molar-refractivity contribution is 0.0960. The number of nitrogens with one attached hydrogen (secondary N) is 2. The summed E-state index contributed by atoms with van der Waals surface area (Å²) in [6, 6.07) is 6.55. The maximum Gasteiger partial charge on any atom is 0.314 e. The van der Waals surface area contributed by atoms with Gasteiger partial charge in [0, 0.05) is 37.4 Å². The largest absolute Gasteiger partial charge is 0.371 e. The second-order valence-electron chi connectivity index (χ2n) is 8.50. The number of amides is 2. The number of halogens is 1. The summed E-state index contributed by atoms with van der Waals surface area (Å²) in [5.41, 5.74) is 1.04. The summed E-state index contributed by atoms with van der Waals surface area (Å²) in [7, 11) is 0. The average molecular weight is 377 g/mol. The molecular formula is C21H33FN4O. The Labute approximate surface area is 162 Å². The summed E-state index contributed by atoms with van der Waals surface area (Å²) in [6.45, 7) is 9.83. The fourth-order valence-corrected chi connectivity index (χ4v) is 4.09. The van der Waals surface area contributed by atoms with Crippen molar-refractivity contribution >= 4 is 11.7 Å². The van der Waals surface area contributed by atoms with E-state index in [1.165, 1.54) is 31.4 Å². The van der Waals surface area contributed by atoms with Crippen LogP contribution in [0.25, 0.3) is 0 Å². The van der Waals surface area contributed by atoms with Gasteiger partial charge in [-0.05, 0) is 76.4 Å². The van der Waals surface area contributed by atoms with Crippen molar-refractivity contribution in [2.75, 3.05) is 44.2 Å². The van der Waals surface area contributed by atoms with Crippen molar-refractivity contribution in [3.8, 4) is 0 Å². The lowest BCUT2D eigenvalue weighted by Crippen LogP contribution is -2.54. The second kappa shape index (κ2) is 8.91. The molecule has 0 aromatic heterocycles. The topological polar surface area (TPSA) is 47.6 Å². The van der Waals surface area contributed by atoms with Gasteiger partial charge in [0.25, 0.3) is 0 Å². The van der Waals surface area contributed by atoms with Crippen LogP contribution in [0.1, 0.15) is 39.5 Å². The Morgan fingerprint density at radius 1 is 1.11 bits per heavy atom. The number of anilines is 1. The number of benzene rings is 1. The molecule has 0 bridgehead atoms. The molecule has 150 valence electrons. The van der Waals surface area contributed by atoms with E-state index in [-0.39, 0.29) is 17.4 Å². The van der Waals surface area contributed by atoms with Crippen LogP contribution in [0.15, 0.2) is 24.3 Å². The van der Waals surface area contributed by atoms with Crippen LogP contribution in [-0.4, -0.2) is 55.7 Å². The van der Waals surface area contributed by atoms with Crippen molar-refractivity contribution < 1.29 is 9.18 Å². The summed E-state index contributed by atoms with van der Waals surface area (Å²) < 4.78 is 13.1. The van der Waals surface area contributed by atoms with Gasteiger partial charge >= 0.3 is 6.03 Å². The SMILES string of the molecule is CC(C)(CNC(=O)NCC1CCN(c2ccc(F)cc2)C1)N1CCCCC1. The van der Waals surface area contributed by atoms with Gasteiger partial charge in [-0.25, -0.2) is 9.18 Å². The van der Waals surface area contributed by atoms with Crippen LogP contribution in [0.2, 0.25) is 0 Å². The molecule has 1 aromatic carbocycles. The second-order valence-corrected chi connectivity index (χ2v) is 8.50. The fraction of sp³-hybridized carbons (Fsp3) is 0.667. The minimum absolute atomic E-state index is 0.00942. The third-order valence-electron chi connectivity index (χ3n) is 5.92. The quantitative estimate of drug-likeness (QED) is 0.801. The molecule has 2 heterocycles. The van der Waals surface area contributed by atoms with E-state index in [1.54, 1.807) is 0 Å². The molecular weight excluding hydrogens is 343 g/mol. The zero-order chi connectivity index (χ0) is 19.3. The van der Waals surface area contributed by atoms with Gasteiger partial charge < -0.3 is 15.5 Å². The van der Waals surface area contributed by atoms with E-state index >= 15 is 0 Å². The van der Waals surface area contributed by atoms with Gasteiger partial charge in [0.2, 0.25) is 0 Å². The maximum absolute atomic E-state index is 13.1. The van der Waals surface area contributed by atoms with E-state index in [0.29, 0.717) is 19.0 Å². The highest BCUT2D eigenvalue weighted by Gasteiger charge is 2.28. The lowest BCUT2D eigenvalue weighted by atomic mass is 9.98. The van der Waals surface area contributed by atoms with Crippen LogP contribution in [0.5, 0.6) is 0 Å². The van der Waals surface area contributed by atoms with Crippen LogP contribution < -0.4 is 15.5 Å². The molecule has 2 N–H and O–H groups in total. The van der Waals surface area contributed by atoms with Crippen molar-refractivity contribution in [1.29, 1.82) is 0 Å². The van der Waals surface area contributed by atoms with E-state index in [1.807, 2.05) is 12.1 Å². The van der Waals surface area contributed by atoms with Crippen molar-refractivity contribution in [3.63, 3.8) is 0 Å². The molecule has 2 aliphatic rings. The molecule has 1 unspecified atom stereocenters. The molecule has 1 atom stereocenters. The standard InChI is InChI=1S/C21H33FN4O/c1-21(2,26-11-4-3-5-12-26)16-24-20(27)23-14-17-10-13-25(15-17)19-8-6-18(22)7-9-19/h6-9,17H,3-5,10-16H2,1-2H3,(H2,23,24,27). The molecule has 0 saturated carbocycles. The molecule has 2 aliphatic heterocycles. The van der Waals surface area contributed by atoms with Crippen LogP contribution in [0, 0.1) is 11.7 Å². The Hall–Kier alpha value is -1.82. The Morgan fingerprint density at radius 2 is 1.81 bits per heavy atom. The summed E-state index contributed by atoms with van der Waals surface area (Å²) in [4.78, 5) is 17.0. The van der Waals surface area contributed by atoms with Crippen molar-refractivity contribution in [2.45, 2.75) is 45.1 Å². The third kappa shape index (κ3) is 5.58. The maximum atomic E-state index is 13.1. The molecule has 5 nitrogen and oxygen atoms in total. The first kappa shape index (κ1) is 19.9. The monoisotopic (exact) mass is 376 g/mol.